The molecule has 1 fully saturated rings. The van der Waals surface area contributed by atoms with Gasteiger partial charge in [0.05, 0.1) is 17.4 Å². The van der Waals surface area contributed by atoms with E-state index in [1.807, 2.05) is 0 Å². The van der Waals surface area contributed by atoms with Crippen molar-refractivity contribution in [1.29, 1.82) is 0 Å². The van der Waals surface area contributed by atoms with Crippen LogP contribution in [0.2, 0.25) is 5.02 Å². The molecule has 2 N–H and O–H groups in total. The molecule has 1 aliphatic heterocycles. The van der Waals surface area contributed by atoms with Gasteiger partial charge in [-0.15, -0.1) is 0 Å². The van der Waals surface area contributed by atoms with Crippen molar-refractivity contribution >= 4 is 39.1 Å². The Balaban J connectivity index is 1.68. The molecule has 0 spiro atoms. The van der Waals surface area contributed by atoms with Gasteiger partial charge in [-0.2, -0.15) is 4.31 Å². The van der Waals surface area contributed by atoms with Gasteiger partial charge in [0.1, 0.15) is 0 Å². The zero-order valence-electron chi connectivity index (χ0n) is 18.2. The smallest absolute Gasteiger partial charge is 0.243 e. The van der Waals surface area contributed by atoms with Crippen molar-refractivity contribution < 1.29 is 18.0 Å². The maximum atomic E-state index is 12.9. The van der Waals surface area contributed by atoms with Gasteiger partial charge in [0.25, 0.3) is 0 Å². The summed E-state index contributed by atoms with van der Waals surface area (Å²) >= 11 is 6.24. The highest BCUT2D eigenvalue weighted by molar-refractivity contribution is 7.89. The minimum absolute atomic E-state index is 0.0188. The molecule has 2 amide bonds. The van der Waals surface area contributed by atoms with Crippen molar-refractivity contribution in [2.75, 3.05) is 18.4 Å². The number of rotatable bonds is 7. The molecule has 0 aromatic heterocycles. The number of amides is 2. The van der Waals surface area contributed by atoms with Crippen LogP contribution in [0, 0.1) is 5.92 Å². The van der Waals surface area contributed by atoms with Crippen LogP contribution in [0.1, 0.15) is 44.7 Å². The molecule has 32 heavy (non-hydrogen) atoms. The Kier molecular flexibility index (Phi) is 7.92. The molecule has 3 rings (SSSR count). The second-order valence-electron chi connectivity index (χ2n) is 8.16. The van der Waals surface area contributed by atoms with Crippen LogP contribution in [0.25, 0.3) is 0 Å². The Bertz CT molecular complexity index is 1070. The van der Waals surface area contributed by atoms with E-state index in [-0.39, 0.29) is 23.1 Å². The number of halogens is 1. The molecule has 1 heterocycles. The van der Waals surface area contributed by atoms with Crippen LogP contribution in [-0.2, 0) is 19.6 Å². The molecule has 0 radical (unpaired) electrons. The van der Waals surface area contributed by atoms with E-state index in [1.54, 1.807) is 36.4 Å². The molecule has 0 bridgehead atoms. The highest BCUT2D eigenvalue weighted by Crippen LogP contribution is 2.27. The van der Waals surface area contributed by atoms with Crippen LogP contribution in [0.4, 0.5) is 5.69 Å². The average Bonchev–Trinajstić information content (AvgIpc) is 2.73. The van der Waals surface area contributed by atoms with Gasteiger partial charge in [0.15, 0.2) is 0 Å². The molecule has 7 nitrogen and oxygen atoms in total. The first kappa shape index (κ1) is 24.2. The Labute approximate surface area is 194 Å². The van der Waals surface area contributed by atoms with Gasteiger partial charge < -0.3 is 10.6 Å². The van der Waals surface area contributed by atoms with Crippen molar-refractivity contribution in [1.82, 2.24) is 9.62 Å². The van der Waals surface area contributed by atoms with Crippen LogP contribution in [0.3, 0.4) is 0 Å². The zero-order valence-corrected chi connectivity index (χ0v) is 19.7. The molecule has 9 heteroatoms. The zero-order chi connectivity index (χ0) is 23.3. The topological polar surface area (TPSA) is 95.6 Å². The molecule has 0 unspecified atom stereocenters. The lowest BCUT2D eigenvalue weighted by molar-refractivity contribution is -0.120. The van der Waals surface area contributed by atoms with Gasteiger partial charge in [0, 0.05) is 30.7 Å². The number of anilines is 1. The average molecular weight is 478 g/mol. The maximum absolute atomic E-state index is 12.9. The van der Waals surface area contributed by atoms with E-state index in [2.05, 4.69) is 17.6 Å². The van der Waals surface area contributed by atoms with Gasteiger partial charge in [-0.05, 0) is 54.7 Å². The number of piperidine rings is 1. The third-order valence-electron chi connectivity index (χ3n) is 5.44. The number of benzene rings is 2. The maximum Gasteiger partial charge on any atom is 0.243 e. The lowest BCUT2D eigenvalue weighted by Gasteiger charge is -2.30. The minimum atomic E-state index is -3.55. The van der Waals surface area contributed by atoms with Crippen LogP contribution >= 0.6 is 11.6 Å². The van der Waals surface area contributed by atoms with E-state index in [9.17, 15) is 18.0 Å². The second kappa shape index (κ2) is 10.5. The molecule has 2 aromatic carbocycles. The normalized spacial score (nSPS) is 18.0. The summed E-state index contributed by atoms with van der Waals surface area (Å²) in [6.45, 7) is 4.48. The number of carbonyl (C=O) groups is 2. The molecular formula is C23H28ClN3O4S. The lowest BCUT2D eigenvalue weighted by Crippen LogP contribution is -2.39. The fourth-order valence-corrected chi connectivity index (χ4v) is 5.73. The largest absolute Gasteiger partial charge is 0.349 e. The molecule has 2 atom stereocenters. The van der Waals surface area contributed by atoms with Crippen molar-refractivity contribution in [2.45, 2.75) is 44.0 Å². The number of hydrogen-bond acceptors (Lipinski definition) is 4. The van der Waals surface area contributed by atoms with Gasteiger partial charge >= 0.3 is 0 Å². The number of nitrogens with zero attached hydrogens (tertiary/aromatic N) is 1. The van der Waals surface area contributed by atoms with Crippen molar-refractivity contribution in [2.24, 2.45) is 5.92 Å². The van der Waals surface area contributed by atoms with E-state index in [4.69, 9.17) is 11.6 Å². The van der Waals surface area contributed by atoms with Gasteiger partial charge in [-0.25, -0.2) is 8.42 Å². The number of sulfonamides is 1. The van der Waals surface area contributed by atoms with Crippen LogP contribution < -0.4 is 10.6 Å². The molecule has 0 aliphatic carbocycles. The Morgan fingerprint density at radius 2 is 1.84 bits per heavy atom. The molecule has 1 saturated heterocycles. The quantitative estimate of drug-likeness (QED) is 0.630. The summed E-state index contributed by atoms with van der Waals surface area (Å²) in [4.78, 5) is 24.4. The van der Waals surface area contributed by atoms with Crippen molar-refractivity contribution in [3.05, 3.63) is 59.1 Å². The number of nitrogens with one attached hydrogen (secondary N) is 2. The molecule has 0 saturated carbocycles. The van der Waals surface area contributed by atoms with E-state index >= 15 is 0 Å². The first-order chi connectivity index (χ1) is 15.2. The van der Waals surface area contributed by atoms with Crippen LogP contribution in [0.5, 0.6) is 0 Å². The summed E-state index contributed by atoms with van der Waals surface area (Å²) in [6.07, 6.45) is 1.87. The lowest BCUT2D eigenvalue weighted by atomic mass is 10.0. The Hall–Kier alpha value is -2.42. The Morgan fingerprint density at radius 3 is 2.47 bits per heavy atom. The predicted octanol–water partition coefficient (Wildman–Crippen LogP) is 3.97. The monoisotopic (exact) mass is 477 g/mol. The molecule has 172 valence electrons. The highest BCUT2D eigenvalue weighted by Gasteiger charge is 2.28. The summed E-state index contributed by atoms with van der Waals surface area (Å²) in [5, 5.41) is 5.97. The van der Waals surface area contributed by atoms with Crippen LogP contribution in [0.15, 0.2) is 53.4 Å². The standard InChI is InChI=1S/C23H28ClN3O4S/c1-16-6-5-13-27(15-16)32(30,31)19-11-9-18(10-12-19)26-23(29)14-22(25-17(2)28)20-7-3-4-8-21(20)24/h3-4,7-12,16,22H,5-6,13-15H2,1-2H3,(H,25,28)(H,26,29)/t16-,22+/m1/s1. The van der Waals surface area contributed by atoms with Crippen LogP contribution in [-0.4, -0.2) is 37.6 Å². The summed E-state index contributed by atoms with van der Waals surface area (Å²) < 4.78 is 27.3. The fraction of sp³-hybridized carbons (Fsp3) is 0.391. The van der Waals surface area contributed by atoms with E-state index < -0.39 is 16.1 Å². The summed E-state index contributed by atoms with van der Waals surface area (Å²) in [5.74, 6) is -0.264. The molecule has 1 aliphatic rings. The van der Waals surface area contributed by atoms with Crippen molar-refractivity contribution in [3.63, 3.8) is 0 Å². The van der Waals surface area contributed by atoms with Gasteiger partial charge in [-0.3, -0.25) is 9.59 Å². The first-order valence-electron chi connectivity index (χ1n) is 10.6. The van der Waals surface area contributed by atoms with Gasteiger partial charge in [0.2, 0.25) is 21.8 Å². The van der Waals surface area contributed by atoms with E-state index in [0.29, 0.717) is 35.3 Å². The Morgan fingerprint density at radius 1 is 1.16 bits per heavy atom. The predicted molar refractivity (Wildman–Crippen MR) is 125 cm³/mol. The SMILES string of the molecule is CC(=O)N[C@@H](CC(=O)Nc1ccc(S(=O)(=O)N2CCC[C@@H](C)C2)cc1)c1ccccc1Cl. The summed E-state index contributed by atoms with van der Waals surface area (Å²) in [5.41, 5.74) is 1.12. The third kappa shape index (κ3) is 6.09. The molecule has 2 aromatic rings. The summed E-state index contributed by atoms with van der Waals surface area (Å²) in [6, 6.07) is 12.6. The molecular weight excluding hydrogens is 450 g/mol. The minimum Gasteiger partial charge on any atom is -0.349 e. The van der Waals surface area contributed by atoms with Gasteiger partial charge in [-0.1, -0.05) is 36.7 Å². The second-order valence-corrected chi connectivity index (χ2v) is 10.5. The van der Waals surface area contributed by atoms with E-state index in [1.165, 1.54) is 23.4 Å². The summed E-state index contributed by atoms with van der Waals surface area (Å²) in [7, 11) is -3.55. The first-order valence-corrected chi connectivity index (χ1v) is 12.4. The third-order valence-corrected chi connectivity index (χ3v) is 7.67. The number of hydrogen-bond donors (Lipinski definition) is 2. The van der Waals surface area contributed by atoms with Crippen molar-refractivity contribution in [3.8, 4) is 0 Å². The fourth-order valence-electron chi connectivity index (χ4n) is 3.86. The number of carbonyl (C=O) groups excluding carboxylic acids is 2. The van der Waals surface area contributed by atoms with E-state index in [0.717, 1.165) is 12.8 Å². The highest BCUT2D eigenvalue weighted by atomic mass is 35.5.